The summed E-state index contributed by atoms with van der Waals surface area (Å²) < 4.78 is 5.89. The number of halogens is 1. The molecule has 0 heterocycles. The Morgan fingerprint density at radius 2 is 2.05 bits per heavy atom. The number of hydrogen-bond acceptors (Lipinski definition) is 4. The number of carbonyl (C=O) groups excluding carboxylic acids is 2. The van der Waals surface area contributed by atoms with E-state index in [0.29, 0.717) is 5.75 Å². The summed E-state index contributed by atoms with van der Waals surface area (Å²) in [5.74, 6) is 0.291. The fraction of sp³-hybridized carbons (Fsp3) is 0.333. The Bertz CT molecular complexity index is 479. The van der Waals surface area contributed by atoms with Gasteiger partial charge in [-0.2, -0.15) is 0 Å². The van der Waals surface area contributed by atoms with Crippen molar-refractivity contribution in [2.45, 2.75) is 13.0 Å². The van der Waals surface area contributed by atoms with E-state index in [0.717, 1.165) is 10.2 Å². The number of methoxy groups -OCH3 is 1. The molecule has 1 rings (SSSR count). The molecule has 1 atom stereocenters. The summed E-state index contributed by atoms with van der Waals surface area (Å²) >= 11 is 3.36. The molecule has 0 saturated heterocycles. The largest absolute Gasteiger partial charge is 0.496 e. The van der Waals surface area contributed by atoms with Gasteiger partial charge in [-0.1, -0.05) is 0 Å². The van der Waals surface area contributed by atoms with Crippen LogP contribution in [0.5, 0.6) is 5.75 Å². The molecule has 0 aliphatic rings. The smallest absolute Gasteiger partial charge is 0.321 e. The Morgan fingerprint density at radius 1 is 1.37 bits per heavy atom. The topological polar surface area (TPSA) is 79.5 Å². The van der Waals surface area contributed by atoms with Crippen molar-refractivity contribution in [3.63, 3.8) is 0 Å². The molecule has 104 valence electrons. The number of benzene rings is 1. The summed E-state index contributed by atoms with van der Waals surface area (Å²) in [6.45, 7) is 1.66. The average Bonchev–Trinajstić information content (AvgIpc) is 2.38. The highest BCUT2D eigenvalue weighted by Crippen LogP contribution is 2.27. The molecule has 0 spiro atoms. The molecule has 3 amide bonds. The first-order valence-corrected chi connectivity index (χ1v) is 6.40. The lowest BCUT2D eigenvalue weighted by molar-refractivity contribution is -0.120. The van der Waals surface area contributed by atoms with Gasteiger partial charge in [-0.3, -0.25) is 10.1 Å². The highest BCUT2D eigenvalue weighted by molar-refractivity contribution is 9.10. The molecule has 3 N–H and O–H groups in total. The lowest BCUT2D eigenvalue weighted by Crippen LogP contribution is -2.44. The van der Waals surface area contributed by atoms with Crippen molar-refractivity contribution in [2.75, 3.05) is 19.5 Å². The van der Waals surface area contributed by atoms with Gasteiger partial charge in [-0.25, -0.2) is 4.79 Å². The summed E-state index contributed by atoms with van der Waals surface area (Å²) in [6, 6.07) is 4.28. The second-order valence-electron chi connectivity index (χ2n) is 3.78. The first-order valence-electron chi connectivity index (χ1n) is 5.60. The van der Waals surface area contributed by atoms with Crippen LogP contribution >= 0.6 is 15.9 Å². The summed E-state index contributed by atoms with van der Waals surface area (Å²) in [5.41, 5.74) is 0.743. The zero-order chi connectivity index (χ0) is 14.4. The number of imide groups is 1. The highest BCUT2D eigenvalue weighted by Gasteiger charge is 2.15. The third-order valence-electron chi connectivity index (χ3n) is 2.39. The summed E-state index contributed by atoms with van der Waals surface area (Å²) in [5, 5.41) is 7.50. The molecule has 0 aliphatic heterocycles. The number of amides is 3. The average molecular weight is 330 g/mol. The Balaban J connectivity index is 2.66. The number of nitrogens with one attached hydrogen (secondary N) is 3. The lowest BCUT2D eigenvalue weighted by atomic mass is 10.2. The van der Waals surface area contributed by atoms with E-state index in [1.54, 1.807) is 32.2 Å². The minimum atomic E-state index is -0.544. The summed E-state index contributed by atoms with van der Waals surface area (Å²) in [7, 11) is 3.02. The van der Waals surface area contributed by atoms with E-state index in [4.69, 9.17) is 4.74 Å². The maximum absolute atomic E-state index is 11.7. The Kier molecular flexibility index (Phi) is 5.62. The molecule has 7 heteroatoms. The van der Waals surface area contributed by atoms with Crippen molar-refractivity contribution in [1.29, 1.82) is 0 Å². The van der Waals surface area contributed by atoms with Gasteiger partial charge in [0.05, 0.1) is 11.6 Å². The van der Waals surface area contributed by atoms with Gasteiger partial charge >= 0.3 is 6.03 Å². The molecule has 19 heavy (non-hydrogen) atoms. The van der Waals surface area contributed by atoms with Gasteiger partial charge in [0.2, 0.25) is 5.91 Å². The second-order valence-corrected chi connectivity index (χ2v) is 4.64. The van der Waals surface area contributed by atoms with Crippen LogP contribution in [0.25, 0.3) is 0 Å². The van der Waals surface area contributed by atoms with E-state index in [2.05, 4.69) is 31.9 Å². The van der Waals surface area contributed by atoms with Gasteiger partial charge in [-0.15, -0.1) is 0 Å². The van der Waals surface area contributed by atoms with E-state index in [1.165, 1.54) is 7.05 Å². The number of ether oxygens (including phenoxy) is 1. The van der Waals surface area contributed by atoms with Gasteiger partial charge in [0.15, 0.2) is 0 Å². The molecule has 0 saturated carbocycles. The van der Waals surface area contributed by atoms with Crippen molar-refractivity contribution >= 4 is 33.6 Å². The van der Waals surface area contributed by atoms with Crippen LogP contribution < -0.4 is 20.7 Å². The molecule has 0 bridgehead atoms. The maximum Gasteiger partial charge on any atom is 0.321 e. The number of rotatable bonds is 4. The van der Waals surface area contributed by atoms with Crippen LogP contribution in [-0.4, -0.2) is 32.1 Å². The molecule has 0 aromatic heterocycles. The van der Waals surface area contributed by atoms with Gasteiger partial charge in [-0.05, 0) is 41.1 Å². The van der Waals surface area contributed by atoms with Crippen molar-refractivity contribution in [3.8, 4) is 5.75 Å². The van der Waals surface area contributed by atoms with Crippen LogP contribution in [0.15, 0.2) is 22.7 Å². The van der Waals surface area contributed by atoms with Crippen LogP contribution in [-0.2, 0) is 4.79 Å². The Labute approximate surface area is 120 Å². The molecular formula is C12H16BrN3O3. The fourth-order valence-electron chi connectivity index (χ4n) is 1.35. The fourth-order valence-corrected chi connectivity index (χ4v) is 1.90. The standard InChI is InChI=1S/C12H16BrN3O3/c1-7(11(17)16-12(18)14-2)15-8-4-5-10(19-3)9(13)6-8/h4-7,15H,1-3H3,(H2,14,16,17,18). The number of anilines is 1. The molecule has 0 aliphatic carbocycles. The SMILES string of the molecule is CNC(=O)NC(=O)C(C)Nc1ccc(OC)c(Br)c1. The minimum absolute atomic E-state index is 0.411. The highest BCUT2D eigenvalue weighted by atomic mass is 79.9. The second kappa shape index (κ2) is 6.98. The van der Waals surface area contributed by atoms with Crippen molar-refractivity contribution < 1.29 is 14.3 Å². The van der Waals surface area contributed by atoms with E-state index in [1.807, 2.05) is 0 Å². The predicted molar refractivity (Wildman–Crippen MR) is 76.4 cm³/mol. The summed E-state index contributed by atoms with van der Waals surface area (Å²) in [6.07, 6.45) is 0. The van der Waals surface area contributed by atoms with E-state index in [9.17, 15) is 9.59 Å². The van der Waals surface area contributed by atoms with Gasteiger partial charge < -0.3 is 15.4 Å². The van der Waals surface area contributed by atoms with Crippen LogP contribution in [0.4, 0.5) is 10.5 Å². The van der Waals surface area contributed by atoms with Crippen LogP contribution in [0, 0.1) is 0 Å². The first kappa shape index (κ1) is 15.3. The van der Waals surface area contributed by atoms with Crippen molar-refractivity contribution in [3.05, 3.63) is 22.7 Å². The maximum atomic E-state index is 11.7. The zero-order valence-corrected chi connectivity index (χ0v) is 12.5. The van der Waals surface area contributed by atoms with E-state index < -0.39 is 18.0 Å². The molecule has 1 aromatic carbocycles. The normalized spacial score (nSPS) is 11.4. The molecule has 1 unspecified atom stereocenters. The first-order chi connectivity index (χ1) is 8.97. The summed E-state index contributed by atoms with van der Waals surface area (Å²) in [4.78, 5) is 22.7. The molecule has 1 aromatic rings. The van der Waals surface area contributed by atoms with Gasteiger partial charge in [0.25, 0.3) is 0 Å². The number of hydrogen-bond donors (Lipinski definition) is 3. The predicted octanol–water partition coefficient (Wildman–Crippen LogP) is 1.71. The van der Waals surface area contributed by atoms with Crippen molar-refractivity contribution in [1.82, 2.24) is 10.6 Å². The molecule has 6 nitrogen and oxygen atoms in total. The van der Waals surface area contributed by atoms with Crippen LogP contribution in [0.2, 0.25) is 0 Å². The quantitative estimate of drug-likeness (QED) is 0.785. The third-order valence-corrected chi connectivity index (χ3v) is 3.01. The minimum Gasteiger partial charge on any atom is -0.496 e. The number of carbonyl (C=O) groups is 2. The van der Waals surface area contributed by atoms with Gasteiger partial charge in [0, 0.05) is 12.7 Å². The molecular weight excluding hydrogens is 314 g/mol. The Hall–Kier alpha value is -1.76. The zero-order valence-electron chi connectivity index (χ0n) is 10.9. The van der Waals surface area contributed by atoms with E-state index in [-0.39, 0.29) is 0 Å². The van der Waals surface area contributed by atoms with Crippen molar-refractivity contribution in [2.24, 2.45) is 0 Å². The Morgan fingerprint density at radius 3 is 2.58 bits per heavy atom. The third kappa shape index (κ3) is 4.44. The number of urea groups is 1. The van der Waals surface area contributed by atoms with Gasteiger partial charge in [0.1, 0.15) is 11.8 Å². The van der Waals surface area contributed by atoms with E-state index >= 15 is 0 Å². The molecule has 0 radical (unpaired) electrons. The lowest BCUT2D eigenvalue weighted by Gasteiger charge is -2.15. The monoisotopic (exact) mass is 329 g/mol. The van der Waals surface area contributed by atoms with Crippen LogP contribution in [0.3, 0.4) is 0 Å². The molecule has 0 fully saturated rings. The van der Waals surface area contributed by atoms with Crippen LogP contribution in [0.1, 0.15) is 6.92 Å².